The second-order valence-electron chi connectivity index (χ2n) is 4.36. The number of hydrogen-bond donors (Lipinski definition) is 2. The first kappa shape index (κ1) is 16.4. The van der Waals surface area contributed by atoms with Crippen LogP contribution in [0.2, 0.25) is 0 Å². The minimum atomic E-state index is -0.440. The van der Waals surface area contributed by atoms with Gasteiger partial charge in [0.15, 0.2) is 4.34 Å². The monoisotopic (exact) mass is 338 g/mol. The van der Waals surface area contributed by atoms with Crippen LogP contribution in [0.15, 0.2) is 35.2 Å². The van der Waals surface area contributed by atoms with E-state index in [4.69, 9.17) is 0 Å². The second kappa shape index (κ2) is 7.90. The Labute approximate surface area is 136 Å². The largest absolute Gasteiger partial charge is 0.357 e. The maximum atomic E-state index is 13.6. The molecule has 0 radical (unpaired) electrons. The minimum absolute atomic E-state index is 0.142. The average Bonchev–Trinajstić information content (AvgIpc) is 2.94. The number of aromatic nitrogens is 2. The molecule has 2 rings (SSSR count). The lowest BCUT2D eigenvalue weighted by Crippen LogP contribution is -2.15. The molecule has 1 heterocycles. The van der Waals surface area contributed by atoms with Crippen molar-refractivity contribution in [1.82, 2.24) is 10.2 Å². The number of rotatable bonds is 7. The van der Waals surface area contributed by atoms with E-state index in [2.05, 4.69) is 27.4 Å². The predicted molar refractivity (Wildman–Crippen MR) is 89.1 cm³/mol. The van der Waals surface area contributed by atoms with Crippen LogP contribution in [0, 0.1) is 12.7 Å². The van der Waals surface area contributed by atoms with Crippen LogP contribution in [-0.2, 0) is 4.79 Å². The number of nitrogens with one attached hydrogen (secondary N) is 2. The Kier molecular flexibility index (Phi) is 5.91. The van der Waals surface area contributed by atoms with E-state index in [1.165, 1.54) is 29.2 Å². The van der Waals surface area contributed by atoms with E-state index in [0.717, 1.165) is 5.56 Å². The third-order valence-corrected chi connectivity index (χ3v) is 4.54. The highest BCUT2D eigenvalue weighted by Gasteiger charge is 2.10. The summed E-state index contributed by atoms with van der Waals surface area (Å²) in [7, 11) is 0. The van der Waals surface area contributed by atoms with Crippen molar-refractivity contribution in [3.8, 4) is 0 Å². The molecule has 0 saturated heterocycles. The lowest BCUT2D eigenvalue weighted by molar-refractivity contribution is -0.113. The van der Waals surface area contributed by atoms with Crippen LogP contribution >= 0.6 is 23.1 Å². The van der Waals surface area contributed by atoms with Gasteiger partial charge in [0, 0.05) is 6.54 Å². The molecule has 0 bridgehead atoms. The fourth-order valence-corrected chi connectivity index (χ4v) is 3.09. The summed E-state index contributed by atoms with van der Waals surface area (Å²) in [6.45, 7) is 5.99. The van der Waals surface area contributed by atoms with Gasteiger partial charge in [-0.3, -0.25) is 4.79 Å². The molecular weight excluding hydrogens is 323 g/mol. The summed E-state index contributed by atoms with van der Waals surface area (Å²) in [5.41, 5.74) is 0.986. The van der Waals surface area contributed by atoms with Gasteiger partial charge in [-0.15, -0.1) is 16.8 Å². The van der Waals surface area contributed by atoms with E-state index in [-0.39, 0.29) is 17.3 Å². The summed E-state index contributed by atoms with van der Waals surface area (Å²) in [5.74, 6) is -0.586. The van der Waals surface area contributed by atoms with Crippen LogP contribution in [-0.4, -0.2) is 28.4 Å². The van der Waals surface area contributed by atoms with Gasteiger partial charge in [-0.25, -0.2) is 4.39 Å². The Hall–Kier alpha value is -1.93. The van der Waals surface area contributed by atoms with Crippen molar-refractivity contribution in [3.05, 3.63) is 42.2 Å². The zero-order valence-electron chi connectivity index (χ0n) is 11.9. The van der Waals surface area contributed by atoms with Crippen molar-refractivity contribution in [1.29, 1.82) is 0 Å². The summed E-state index contributed by atoms with van der Waals surface area (Å²) in [6.07, 6.45) is 1.72. The summed E-state index contributed by atoms with van der Waals surface area (Å²) in [4.78, 5) is 11.8. The molecule has 0 atom stereocenters. The molecule has 2 N–H and O–H groups in total. The molecule has 0 unspecified atom stereocenters. The molecule has 5 nitrogen and oxygen atoms in total. The molecular formula is C14H15FN4OS2. The number of hydrogen-bond acceptors (Lipinski definition) is 6. The van der Waals surface area contributed by atoms with Gasteiger partial charge < -0.3 is 10.6 Å². The number of halogens is 1. The third-order valence-electron chi connectivity index (χ3n) is 2.53. The third kappa shape index (κ3) is 4.81. The zero-order valence-corrected chi connectivity index (χ0v) is 13.6. The molecule has 0 aliphatic rings. The number of carbonyl (C=O) groups is 1. The SMILES string of the molecule is C=CCNc1nnc(SCC(=O)Nc2ccc(C)cc2F)s1. The van der Waals surface area contributed by atoms with E-state index in [1.54, 1.807) is 25.1 Å². The van der Waals surface area contributed by atoms with Crippen LogP contribution in [0.25, 0.3) is 0 Å². The first-order valence-corrected chi connectivity index (χ1v) is 8.26. The van der Waals surface area contributed by atoms with Crippen LogP contribution in [0.1, 0.15) is 5.56 Å². The van der Waals surface area contributed by atoms with Gasteiger partial charge in [-0.05, 0) is 24.6 Å². The fourth-order valence-electron chi connectivity index (χ4n) is 1.53. The maximum absolute atomic E-state index is 13.6. The molecule has 8 heteroatoms. The van der Waals surface area contributed by atoms with Gasteiger partial charge in [0.1, 0.15) is 5.82 Å². The molecule has 0 fully saturated rings. The molecule has 1 aromatic carbocycles. The highest BCUT2D eigenvalue weighted by molar-refractivity contribution is 8.01. The topological polar surface area (TPSA) is 66.9 Å². The fraction of sp³-hybridized carbons (Fsp3) is 0.214. The maximum Gasteiger partial charge on any atom is 0.234 e. The first-order valence-electron chi connectivity index (χ1n) is 6.45. The Morgan fingerprint density at radius 1 is 1.50 bits per heavy atom. The van der Waals surface area contributed by atoms with E-state index >= 15 is 0 Å². The van der Waals surface area contributed by atoms with E-state index in [0.29, 0.717) is 16.0 Å². The van der Waals surface area contributed by atoms with E-state index in [9.17, 15) is 9.18 Å². The van der Waals surface area contributed by atoms with Gasteiger partial charge in [0.25, 0.3) is 0 Å². The number of nitrogens with zero attached hydrogens (tertiary/aromatic N) is 2. The molecule has 0 saturated carbocycles. The van der Waals surface area contributed by atoms with Crippen LogP contribution in [0.4, 0.5) is 15.2 Å². The Bertz CT molecular complexity index is 675. The highest BCUT2D eigenvalue weighted by Crippen LogP contribution is 2.25. The average molecular weight is 338 g/mol. The number of aryl methyl sites for hydroxylation is 1. The summed E-state index contributed by atoms with van der Waals surface area (Å²) < 4.78 is 14.3. The lowest BCUT2D eigenvalue weighted by atomic mass is 10.2. The molecule has 1 amide bonds. The number of anilines is 2. The molecule has 0 spiro atoms. The van der Waals surface area contributed by atoms with Crippen molar-refractivity contribution >= 4 is 39.8 Å². The second-order valence-corrected chi connectivity index (χ2v) is 6.56. The van der Waals surface area contributed by atoms with Crippen molar-refractivity contribution < 1.29 is 9.18 Å². The smallest absolute Gasteiger partial charge is 0.234 e. The van der Waals surface area contributed by atoms with Gasteiger partial charge in [0.05, 0.1) is 11.4 Å². The first-order chi connectivity index (χ1) is 10.6. The van der Waals surface area contributed by atoms with Gasteiger partial charge in [0.2, 0.25) is 11.0 Å². The molecule has 0 aliphatic heterocycles. The van der Waals surface area contributed by atoms with Gasteiger partial charge in [-0.2, -0.15) is 0 Å². The summed E-state index contributed by atoms with van der Waals surface area (Å²) >= 11 is 2.61. The molecule has 0 aliphatic carbocycles. The number of benzene rings is 1. The number of amides is 1. The van der Waals surface area contributed by atoms with Crippen molar-refractivity contribution in [2.75, 3.05) is 22.9 Å². The minimum Gasteiger partial charge on any atom is -0.357 e. The van der Waals surface area contributed by atoms with E-state index in [1.807, 2.05) is 0 Å². The number of thioether (sulfide) groups is 1. The highest BCUT2D eigenvalue weighted by atomic mass is 32.2. The number of carbonyl (C=O) groups excluding carboxylic acids is 1. The van der Waals surface area contributed by atoms with Gasteiger partial charge in [-0.1, -0.05) is 35.2 Å². The zero-order chi connectivity index (χ0) is 15.9. The molecule has 2 aromatic rings. The Balaban J connectivity index is 1.84. The van der Waals surface area contributed by atoms with Crippen molar-refractivity contribution in [2.45, 2.75) is 11.3 Å². The van der Waals surface area contributed by atoms with Crippen LogP contribution < -0.4 is 10.6 Å². The molecule has 22 heavy (non-hydrogen) atoms. The summed E-state index contributed by atoms with van der Waals surface area (Å²) in [6, 6.07) is 4.68. The van der Waals surface area contributed by atoms with Crippen LogP contribution in [0.5, 0.6) is 0 Å². The van der Waals surface area contributed by atoms with Crippen LogP contribution in [0.3, 0.4) is 0 Å². The standard InChI is InChI=1S/C14H15FN4OS2/c1-3-6-16-13-18-19-14(22-13)21-8-12(20)17-11-5-4-9(2)7-10(11)15/h3-5,7H,1,6,8H2,2H3,(H,16,18)(H,17,20). The van der Waals surface area contributed by atoms with Crippen molar-refractivity contribution in [2.24, 2.45) is 0 Å². The predicted octanol–water partition coefficient (Wildman–Crippen LogP) is 3.31. The molecule has 116 valence electrons. The molecule has 1 aromatic heterocycles. The lowest BCUT2D eigenvalue weighted by Gasteiger charge is -2.06. The summed E-state index contributed by atoms with van der Waals surface area (Å²) in [5, 5.41) is 14.1. The Morgan fingerprint density at radius 2 is 2.32 bits per heavy atom. The Morgan fingerprint density at radius 3 is 3.05 bits per heavy atom. The van der Waals surface area contributed by atoms with E-state index < -0.39 is 5.82 Å². The van der Waals surface area contributed by atoms with Gasteiger partial charge >= 0.3 is 0 Å². The quantitative estimate of drug-likeness (QED) is 0.599. The van der Waals surface area contributed by atoms with Crippen molar-refractivity contribution in [3.63, 3.8) is 0 Å². The normalized spacial score (nSPS) is 10.3.